The van der Waals surface area contributed by atoms with E-state index in [9.17, 15) is 5.11 Å². The first-order valence-electron chi connectivity index (χ1n) is 7.81. The van der Waals surface area contributed by atoms with Crippen LogP contribution in [0, 0.1) is 6.92 Å². The maximum absolute atomic E-state index is 10.7. The highest BCUT2D eigenvalue weighted by Crippen LogP contribution is 2.39. The number of aryl methyl sites for hydroxylation is 1. The highest BCUT2D eigenvalue weighted by molar-refractivity contribution is 6.04. The van der Waals surface area contributed by atoms with Gasteiger partial charge in [-0.3, -0.25) is 0 Å². The van der Waals surface area contributed by atoms with Crippen molar-refractivity contribution < 1.29 is 5.11 Å². The topological polar surface area (TPSA) is 47.9 Å². The number of rotatable bonds is 2. The molecule has 4 nitrogen and oxygen atoms in total. The van der Waals surface area contributed by atoms with Crippen molar-refractivity contribution in [3.63, 3.8) is 0 Å². The van der Waals surface area contributed by atoms with Crippen molar-refractivity contribution in [3.05, 3.63) is 59.7 Å². The first-order valence-corrected chi connectivity index (χ1v) is 7.81. The van der Waals surface area contributed by atoms with E-state index in [1.165, 1.54) is 0 Å². The molecule has 0 bridgehead atoms. The molecule has 1 atom stereocenters. The van der Waals surface area contributed by atoms with E-state index in [0.717, 1.165) is 22.4 Å². The second kappa shape index (κ2) is 5.39. The monoisotopic (exact) mass is 309 g/mol. The number of phenols is 1. The van der Waals surface area contributed by atoms with Crippen molar-refractivity contribution in [1.29, 1.82) is 0 Å². The fraction of sp³-hybridized carbons (Fsp3) is 0.316. The Morgan fingerprint density at radius 3 is 2.70 bits per heavy atom. The number of fused-ring (bicyclic) bond motifs is 1. The number of nitrogens with zero attached hydrogens (tertiary/aromatic N) is 2. The Morgan fingerprint density at radius 1 is 1.30 bits per heavy atom. The molecule has 0 saturated heterocycles. The zero-order chi connectivity index (χ0) is 16.8. The third-order valence-corrected chi connectivity index (χ3v) is 4.11. The average molecular weight is 309 g/mol. The van der Waals surface area contributed by atoms with E-state index in [1.54, 1.807) is 5.12 Å². The van der Waals surface area contributed by atoms with Gasteiger partial charge in [0, 0.05) is 5.56 Å². The average Bonchev–Trinajstić information content (AvgIpc) is 2.90. The Hall–Kier alpha value is -2.33. The molecule has 1 heterocycles. The molecular formula is C19H23N3O. The van der Waals surface area contributed by atoms with Gasteiger partial charge in [-0.15, -0.1) is 0 Å². The number of anilines is 1. The zero-order valence-electron chi connectivity index (χ0n) is 14.1. The van der Waals surface area contributed by atoms with Gasteiger partial charge in [-0.25, -0.2) is 0 Å². The predicted molar refractivity (Wildman–Crippen MR) is 95.8 cm³/mol. The molecule has 1 unspecified atom stereocenters. The van der Waals surface area contributed by atoms with Crippen molar-refractivity contribution in [2.75, 3.05) is 5.12 Å². The van der Waals surface area contributed by atoms with Gasteiger partial charge in [-0.05, 0) is 35.6 Å². The van der Waals surface area contributed by atoms with Crippen LogP contribution in [0.15, 0.2) is 53.7 Å². The van der Waals surface area contributed by atoms with E-state index in [-0.39, 0.29) is 17.2 Å². The van der Waals surface area contributed by atoms with Crippen LogP contribution >= 0.6 is 0 Å². The number of hydrazine groups is 1. The van der Waals surface area contributed by atoms with Gasteiger partial charge in [0.15, 0.2) is 0 Å². The minimum absolute atomic E-state index is 0.00555. The van der Waals surface area contributed by atoms with E-state index < -0.39 is 0 Å². The summed E-state index contributed by atoms with van der Waals surface area (Å²) in [5, 5.41) is 17.0. The summed E-state index contributed by atoms with van der Waals surface area (Å²) in [7, 11) is 0. The maximum Gasteiger partial charge on any atom is 0.146 e. The minimum Gasteiger partial charge on any atom is -0.505 e. The zero-order valence-corrected chi connectivity index (χ0v) is 14.1. The van der Waals surface area contributed by atoms with Crippen LogP contribution in [0.25, 0.3) is 0 Å². The Kier molecular flexibility index (Phi) is 3.65. The molecule has 1 aliphatic carbocycles. The van der Waals surface area contributed by atoms with Crippen LogP contribution < -0.4 is 10.5 Å². The Bertz CT molecular complexity index is 751. The van der Waals surface area contributed by atoms with Crippen LogP contribution in [0.5, 0.6) is 5.75 Å². The molecule has 1 aliphatic heterocycles. The lowest BCUT2D eigenvalue weighted by molar-refractivity contribution is 0.444. The van der Waals surface area contributed by atoms with E-state index in [2.05, 4.69) is 44.0 Å². The lowest BCUT2D eigenvalue weighted by atomic mass is 9.85. The lowest BCUT2D eigenvalue weighted by Gasteiger charge is -2.25. The molecule has 0 radical (unpaired) electrons. The third kappa shape index (κ3) is 2.82. The number of hydrazone groups is 1. The molecule has 3 rings (SSSR count). The van der Waals surface area contributed by atoms with Gasteiger partial charge in [0.05, 0.1) is 11.8 Å². The summed E-state index contributed by atoms with van der Waals surface area (Å²) < 4.78 is 0. The molecule has 1 aromatic carbocycles. The highest BCUT2D eigenvalue weighted by atomic mass is 16.3. The molecule has 23 heavy (non-hydrogen) atoms. The summed E-state index contributed by atoms with van der Waals surface area (Å²) in [5.74, 6) is 0.274. The number of nitrogens with one attached hydrogen (secondary N) is 1. The van der Waals surface area contributed by atoms with Gasteiger partial charge < -0.3 is 5.11 Å². The van der Waals surface area contributed by atoms with E-state index in [1.807, 2.05) is 37.3 Å². The number of phenolic OH excluding ortho intramolecular Hbond substituents is 1. The quantitative estimate of drug-likeness (QED) is 0.875. The first kappa shape index (κ1) is 15.6. The normalized spacial score (nSPS) is 20.2. The summed E-state index contributed by atoms with van der Waals surface area (Å²) in [5.41, 5.74) is 7.86. The minimum atomic E-state index is -0.139. The smallest absolute Gasteiger partial charge is 0.146 e. The molecule has 1 aromatic rings. The number of benzene rings is 1. The van der Waals surface area contributed by atoms with Gasteiger partial charge >= 0.3 is 0 Å². The van der Waals surface area contributed by atoms with Crippen molar-refractivity contribution in [2.45, 2.75) is 39.2 Å². The van der Waals surface area contributed by atoms with Gasteiger partial charge in [0.2, 0.25) is 0 Å². The summed E-state index contributed by atoms with van der Waals surface area (Å²) in [6, 6.07) is 3.98. The van der Waals surface area contributed by atoms with Crippen molar-refractivity contribution in [3.8, 4) is 5.75 Å². The van der Waals surface area contributed by atoms with Crippen molar-refractivity contribution in [1.82, 2.24) is 5.43 Å². The molecule has 120 valence electrons. The van der Waals surface area contributed by atoms with Crippen LogP contribution in [-0.2, 0) is 5.41 Å². The van der Waals surface area contributed by atoms with Crippen LogP contribution in [-0.4, -0.2) is 16.9 Å². The molecule has 0 aromatic heterocycles. The number of hydrogen-bond donors (Lipinski definition) is 2. The summed E-state index contributed by atoms with van der Waals surface area (Å²) in [6.07, 6.45) is 7.86. The molecule has 0 saturated carbocycles. The summed E-state index contributed by atoms with van der Waals surface area (Å²) in [4.78, 5) is 0. The van der Waals surface area contributed by atoms with Crippen LogP contribution in [0.3, 0.4) is 0 Å². The molecule has 2 N–H and O–H groups in total. The Labute approximate surface area is 137 Å². The number of allylic oxidation sites excluding steroid dienone is 3. The molecule has 0 fully saturated rings. The third-order valence-electron chi connectivity index (χ3n) is 4.11. The second-order valence-electron chi connectivity index (χ2n) is 7.08. The van der Waals surface area contributed by atoms with E-state index in [0.29, 0.717) is 5.69 Å². The van der Waals surface area contributed by atoms with E-state index >= 15 is 0 Å². The van der Waals surface area contributed by atoms with Crippen LogP contribution in [0.1, 0.15) is 31.9 Å². The lowest BCUT2D eigenvalue weighted by Crippen LogP contribution is -2.37. The SMILES string of the molecule is C=CC1=CC2NN(c3cc(C)cc(C(C)(C)C)c3O)N=C2C=C1. The summed E-state index contributed by atoms with van der Waals surface area (Å²) in [6.45, 7) is 12.1. The number of aromatic hydroxyl groups is 1. The first-order chi connectivity index (χ1) is 10.8. The molecular weight excluding hydrogens is 286 g/mol. The van der Waals surface area contributed by atoms with Crippen molar-refractivity contribution in [2.24, 2.45) is 5.10 Å². The van der Waals surface area contributed by atoms with Crippen LogP contribution in [0.2, 0.25) is 0 Å². The number of hydrogen-bond acceptors (Lipinski definition) is 4. The Morgan fingerprint density at radius 2 is 2.04 bits per heavy atom. The molecule has 2 aliphatic rings. The standard InChI is InChI=1S/C19H23N3O/c1-6-13-7-8-15-16(11-13)21-22(20-15)17-10-12(2)9-14(18(17)23)19(3,4)5/h6-11,16,21,23H,1H2,2-5H3. The van der Waals surface area contributed by atoms with Gasteiger partial charge in [-0.2, -0.15) is 15.6 Å². The molecule has 0 spiro atoms. The Balaban J connectivity index is 2.01. The highest BCUT2D eigenvalue weighted by Gasteiger charge is 2.29. The fourth-order valence-electron chi connectivity index (χ4n) is 2.85. The fourth-order valence-corrected chi connectivity index (χ4v) is 2.85. The molecule has 4 heteroatoms. The molecule has 0 amide bonds. The maximum atomic E-state index is 10.7. The van der Waals surface area contributed by atoms with Gasteiger partial charge in [-0.1, -0.05) is 51.6 Å². The summed E-state index contributed by atoms with van der Waals surface area (Å²) >= 11 is 0. The second-order valence-corrected chi connectivity index (χ2v) is 7.08. The predicted octanol–water partition coefficient (Wildman–Crippen LogP) is 3.73. The van der Waals surface area contributed by atoms with Crippen LogP contribution in [0.4, 0.5) is 5.69 Å². The van der Waals surface area contributed by atoms with Crippen molar-refractivity contribution >= 4 is 11.4 Å². The van der Waals surface area contributed by atoms with E-state index in [4.69, 9.17) is 0 Å². The largest absolute Gasteiger partial charge is 0.505 e. The van der Waals surface area contributed by atoms with Gasteiger partial charge in [0.1, 0.15) is 11.4 Å². The van der Waals surface area contributed by atoms with Gasteiger partial charge in [0.25, 0.3) is 0 Å².